The van der Waals surface area contributed by atoms with Gasteiger partial charge in [-0.15, -0.1) is 0 Å². The van der Waals surface area contributed by atoms with Crippen LogP contribution in [0.2, 0.25) is 0 Å². The molecule has 0 saturated carbocycles. The van der Waals surface area contributed by atoms with E-state index in [-0.39, 0.29) is 5.56 Å². The second kappa shape index (κ2) is 9.51. The quantitative estimate of drug-likeness (QED) is 0.670. The number of amides is 1. The molecule has 1 aliphatic heterocycles. The van der Waals surface area contributed by atoms with Crippen LogP contribution >= 0.6 is 0 Å². The maximum absolute atomic E-state index is 12.7. The van der Waals surface area contributed by atoms with Crippen molar-refractivity contribution in [1.82, 2.24) is 5.32 Å². The lowest BCUT2D eigenvalue weighted by molar-refractivity contribution is -0.161. The van der Waals surface area contributed by atoms with Gasteiger partial charge in [0.05, 0.1) is 17.0 Å². The Morgan fingerprint density at radius 3 is 2.37 bits per heavy atom. The van der Waals surface area contributed by atoms with Crippen molar-refractivity contribution < 1.29 is 33.7 Å². The van der Waals surface area contributed by atoms with Crippen LogP contribution in [-0.4, -0.2) is 55.1 Å². The molecule has 0 bridgehead atoms. The van der Waals surface area contributed by atoms with Crippen molar-refractivity contribution in [3.8, 4) is 0 Å². The molecule has 1 amide bonds. The van der Waals surface area contributed by atoms with E-state index >= 15 is 0 Å². The van der Waals surface area contributed by atoms with Crippen LogP contribution in [0.1, 0.15) is 39.1 Å². The molecule has 1 aliphatic rings. The van der Waals surface area contributed by atoms with E-state index in [9.17, 15) is 19.5 Å². The van der Waals surface area contributed by atoms with Gasteiger partial charge in [-0.05, 0) is 30.7 Å². The normalized spacial score (nSPS) is 23.0. The van der Waals surface area contributed by atoms with Crippen LogP contribution < -0.4 is 5.32 Å². The Balaban J connectivity index is 2.03. The number of carbonyl (C=O) groups is 3. The van der Waals surface area contributed by atoms with Gasteiger partial charge in [-0.2, -0.15) is 0 Å². The summed E-state index contributed by atoms with van der Waals surface area (Å²) in [6.07, 6.45) is -3.17. The van der Waals surface area contributed by atoms with Gasteiger partial charge in [0.1, 0.15) is 6.10 Å². The fraction of sp³-hybridized carbons (Fsp3) is 0.318. The van der Waals surface area contributed by atoms with E-state index in [1.165, 1.54) is 13.2 Å². The van der Waals surface area contributed by atoms with Crippen molar-refractivity contribution in [2.75, 3.05) is 13.7 Å². The maximum Gasteiger partial charge on any atom is 0.338 e. The molecule has 0 aromatic heterocycles. The minimum absolute atomic E-state index is 0.00193. The Bertz CT molecular complexity index is 915. The molecule has 2 aromatic carbocycles. The summed E-state index contributed by atoms with van der Waals surface area (Å²) < 4.78 is 16.8. The number of hydrogen-bond donors (Lipinski definition) is 2. The predicted octanol–water partition coefficient (Wildman–Crippen LogP) is 2.20. The Kier molecular flexibility index (Phi) is 6.81. The van der Waals surface area contributed by atoms with E-state index in [2.05, 4.69) is 5.32 Å². The van der Waals surface area contributed by atoms with Crippen molar-refractivity contribution in [3.63, 3.8) is 0 Å². The van der Waals surface area contributed by atoms with Crippen molar-refractivity contribution >= 4 is 17.8 Å². The number of carboxylic acid groups (broad SMARTS) is 1. The van der Waals surface area contributed by atoms with Gasteiger partial charge in [-0.1, -0.05) is 36.4 Å². The van der Waals surface area contributed by atoms with Crippen molar-refractivity contribution in [2.24, 2.45) is 0 Å². The topological polar surface area (TPSA) is 111 Å². The lowest BCUT2D eigenvalue weighted by atomic mass is 9.86. The number of esters is 1. The Labute approximate surface area is 173 Å². The van der Waals surface area contributed by atoms with E-state index in [4.69, 9.17) is 14.2 Å². The van der Waals surface area contributed by atoms with Gasteiger partial charge >= 0.3 is 11.9 Å². The summed E-state index contributed by atoms with van der Waals surface area (Å²) in [6, 6.07) is 14.6. The van der Waals surface area contributed by atoms with Crippen molar-refractivity contribution in [3.05, 3.63) is 71.3 Å². The van der Waals surface area contributed by atoms with Crippen LogP contribution in [0.3, 0.4) is 0 Å². The summed E-state index contributed by atoms with van der Waals surface area (Å²) >= 11 is 0. The molecule has 3 rings (SSSR count). The summed E-state index contributed by atoms with van der Waals surface area (Å²) in [5.41, 5.74) is 0.642. The van der Waals surface area contributed by atoms with E-state index in [1.54, 1.807) is 55.5 Å². The van der Waals surface area contributed by atoms with Crippen LogP contribution in [0, 0.1) is 0 Å². The molecule has 158 valence electrons. The van der Waals surface area contributed by atoms with Gasteiger partial charge in [-0.3, -0.25) is 4.79 Å². The first-order chi connectivity index (χ1) is 14.5. The number of methoxy groups -OCH3 is 1. The minimum Gasteiger partial charge on any atom is -0.478 e. The molecule has 0 spiro atoms. The molecule has 0 unspecified atom stereocenters. The van der Waals surface area contributed by atoms with Gasteiger partial charge in [0, 0.05) is 13.7 Å². The molecule has 1 heterocycles. The smallest absolute Gasteiger partial charge is 0.338 e. The van der Waals surface area contributed by atoms with Crippen LogP contribution in [-0.2, 0) is 19.0 Å². The van der Waals surface area contributed by atoms with E-state index < -0.39 is 42.3 Å². The monoisotopic (exact) mass is 413 g/mol. The zero-order valence-corrected chi connectivity index (χ0v) is 16.6. The third-order valence-electron chi connectivity index (χ3n) is 4.87. The summed E-state index contributed by atoms with van der Waals surface area (Å²) in [6.45, 7) is 2.12. The molecule has 4 atom stereocenters. The average Bonchev–Trinajstić information content (AvgIpc) is 3.12. The number of benzene rings is 2. The Hall–Kier alpha value is -3.23. The average molecular weight is 413 g/mol. The largest absolute Gasteiger partial charge is 0.478 e. The summed E-state index contributed by atoms with van der Waals surface area (Å²) in [4.78, 5) is 37.2. The standard InChI is InChI=1S/C22H23NO7/c1-3-23-19(24)17-16(14-11-7-8-12-15(14)20(25)26)18(22(28-2)30-17)29-21(27)13-9-5-4-6-10-13/h4-12,16-18,22H,3H2,1-2H3,(H,23,24)(H,25,26)/t16-,17+,18-,22-/m1/s1. The summed E-state index contributed by atoms with van der Waals surface area (Å²) in [7, 11) is 1.37. The molecule has 8 nitrogen and oxygen atoms in total. The number of carboxylic acids is 1. The van der Waals surface area contributed by atoms with Crippen LogP contribution in [0.15, 0.2) is 54.6 Å². The highest BCUT2D eigenvalue weighted by Crippen LogP contribution is 2.40. The fourth-order valence-electron chi connectivity index (χ4n) is 3.55. The highest BCUT2D eigenvalue weighted by atomic mass is 16.7. The van der Waals surface area contributed by atoms with E-state index in [0.29, 0.717) is 17.7 Å². The molecule has 30 heavy (non-hydrogen) atoms. The molecule has 0 aliphatic carbocycles. The second-order valence-corrected chi connectivity index (χ2v) is 6.71. The molecule has 2 N–H and O–H groups in total. The zero-order chi connectivity index (χ0) is 21.7. The number of hydrogen-bond acceptors (Lipinski definition) is 6. The second-order valence-electron chi connectivity index (χ2n) is 6.71. The highest BCUT2D eigenvalue weighted by Gasteiger charge is 2.52. The lowest BCUT2D eigenvalue weighted by Crippen LogP contribution is -2.39. The van der Waals surface area contributed by atoms with Crippen molar-refractivity contribution in [2.45, 2.75) is 31.3 Å². The zero-order valence-electron chi connectivity index (χ0n) is 16.6. The van der Waals surface area contributed by atoms with Crippen molar-refractivity contribution in [1.29, 1.82) is 0 Å². The van der Waals surface area contributed by atoms with Gasteiger partial charge in [0.15, 0.2) is 12.4 Å². The fourth-order valence-corrected chi connectivity index (χ4v) is 3.55. The minimum atomic E-state index is -1.16. The van der Waals surface area contributed by atoms with E-state index in [1.807, 2.05) is 0 Å². The molecule has 0 radical (unpaired) electrons. The molecule has 1 saturated heterocycles. The Morgan fingerprint density at radius 2 is 1.73 bits per heavy atom. The van der Waals surface area contributed by atoms with E-state index in [0.717, 1.165) is 0 Å². The van der Waals surface area contributed by atoms with Gasteiger partial charge in [0.25, 0.3) is 0 Å². The predicted molar refractivity (Wildman–Crippen MR) is 106 cm³/mol. The first-order valence-corrected chi connectivity index (χ1v) is 9.52. The third kappa shape index (κ3) is 4.34. The molecule has 8 heteroatoms. The summed E-state index contributed by atoms with van der Waals surface area (Å²) in [5, 5.41) is 12.3. The number of nitrogens with one attached hydrogen (secondary N) is 1. The number of likely N-dealkylation sites (N-methyl/N-ethyl adjacent to an activating group) is 1. The number of aromatic carboxylic acids is 1. The molecular weight excluding hydrogens is 390 g/mol. The van der Waals surface area contributed by atoms with Crippen LogP contribution in [0.5, 0.6) is 0 Å². The maximum atomic E-state index is 12.7. The number of ether oxygens (including phenoxy) is 3. The molecular formula is C22H23NO7. The first-order valence-electron chi connectivity index (χ1n) is 9.52. The van der Waals surface area contributed by atoms with Crippen LogP contribution in [0.4, 0.5) is 0 Å². The number of carbonyl (C=O) groups excluding carboxylic acids is 2. The number of rotatable bonds is 7. The summed E-state index contributed by atoms with van der Waals surface area (Å²) in [5.74, 6) is -3.10. The molecule has 1 fully saturated rings. The Morgan fingerprint density at radius 1 is 1.07 bits per heavy atom. The van der Waals surface area contributed by atoms with Gasteiger partial charge in [0.2, 0.25) is 5.91 Å². The lowest BCUT2D eigenvalue weighted by Gasteiger charge is -2.25. The first kappa shape index (κ1) is 21.5. The third-order valence-corrected chi connectivity index (χ3v) is 4.87. The van der Waals surface area contributed by atoms with Crippen LogP contribution in [0.25, 0.3) is 0 Å². The van der Waals surface area contributed by atoms with Gasteiger partial charge in [-0.25, -0.2) is 9.59 Å². The highest BCUT2D eigenvalue weighted by molar-refractivity contribution is 5.91. The molecule has 2 aromatic rings. The SMILES string of the molecule is CCNC(=O)[C@H]1O[C@@H](OC)[C@H](OC(=O)c2ccccc2)[C@@H]1c1ccccc1C(=O)O. The van der Waals surface area contributed by atoms with Gasteiger partial charge < -0.3 is 24.6 Å².